The van der Waals surface area contributed by atoms with Crippen molar-refractivity contribution in [3.8, 4) is 0 Å². The van der Waals surface area contributed by atoms with Gasteiger partial charge in [0, 0.05) is 22.6 Å². The maximum absolute atomic E-state index is 6.16. The van der Waals surface area contributed by atoms with Crippen LogP contribution in [0.3, 0.4) is 0 Å². The standard InChI is InChI=1S/C15H21Cl2N/c1-15(2)7-5-13(6-8-15)18-10-11-9-12(16)3-4-14(11)17/h3-4,9,13,18H,5-8,10H2,1-2H3. The van der Waals surface area contributed by atoms with Crippen molar-refractivity contribution in [1.29, 1.82) is 0 Å². The Bertz CT molecular complexity index is 405. The number of rotatable bonds is 3. The summed E-state index contributed by atoms with van der Waals surface area (Å²) in [7, 11) is 0. The molecule has 1 nitrogen and oxygen atoms in total. The van der Waals surface area contributed by atoms with Crippen LogP contribution >= 0.6 is 23.2 Å². The van der Waals surface area contributed by atoms with Gasteiger partial charge in [-0.15, -0.1) is 0 Å². The first-order chi connectivity index (χ1) is 8.46. The molecule has 1 fully saturated rings. The van der Waals surface area contributed by atoms with Crippen molar-refractivity contribution in [3.63, 3.8) is 0 Å². The molecule has 0 atom stereocenters. The fourth-order valence-corrected chi connectivity index (χ4v) is 2.92. The maximum Gasteiger partial charge on any atom is 0.0451 e. The summed E-state index contributed by atoms with van der Waals surface area (Å²) in [4.78, 5) is 0. The third kappa shape index (κ3) is 3.88. The van der Waals surface area contributed by atoms with E-state index in [9.17, 15) is 0 Å². The van der Waals surface area contributed by atoms with Crippen LogP contribution in [0.4, 0.5) is 0 Å². The highest BCUT2D eigenvalue weighted by molar-refractivity contribution is 6.33. The molecule has 1 saturated carbocycles. The van der Waals surface area contributed by atoms with E-state index in [1.54, 1.807) is 0 Å². The smallest absolute Gasteiger partial charge is 0.0451 e. The van der Waals surface area contributed by atoms with E-state index < -0.39 is 0 Å². The molecular weight excluding hydrogens is 265 g/mol. The molecular formula is C15H21Cl2N. The zero-order valence-electron chi connectivity index (χ0n) is 11.1. The summed E-state index contributed by atoms with van der Waals surface area (Å²) in [5.74, 6) is 0. The summed E-state index contributed by atoms with van der Waals surface area (Å²) < 4.78 is 0. The molecule has 0 spiro atoms. The first-order valence-electron chi connectivity index (χ1n) is 6.64. The van der Waals surface area contributed by atoms with E-state index in [1.165, 1.54) is 25.7 Å². The molecule has 0 heterocycles. The lowest BCUT2D eigenvalue weighted by atomic mass is 9.75. The normalized spacial score (nSPS) is 20.0. The quantitative estimate of drug-likeness (QED) is 0.819. The largest absolute Gasteiger partial charge is 0.310 e. The zero-order valence-corrected chi connectivity index (χ0v) is 12.6. The highest BCUT2D eigenvalue weighted by atomic mass is 35.5. The lowest BCUT2D eigenvalue weighted by Crippen LogP contribution is -2.35. The van der Waals surface area contributed by atoms with Crippen LogP contribution in [0.25, 0.3) is 0 Å². The Hall–Kier alpha value is -0.240. The van der Waals surface area contributed by atoms with E-state index in [-0.39, 0.29) is 0 Å². The Morgan fingerprint density at radius 2 is 1.89 bits per heavy atom. The third-order valence-electron chi connectivity index (χ3n) is 3.93. The molecule has 0 aliphatic heterocycles. The van der Waals surface area contributed by atoms with Crippen molar-refractivity contribution >= 4 is 23.2 Å². The molecule has 1 aliphatic carbocycles. The molecule has 2 rings (SSSR count). The van der Waals surface area contributed by atoms with Crippen LogP contribution in [0.15, 0.2) is 18.2 Å². The molecule has 0 aromatic heterocycles. The minimum absolute atomic E-state index is 0.520. The number of hydrogen-bond donors (Lipinski definition) is 1. The van der Waals surface area contributed by atoms with Crippen molar-refractivity contribution in [1.82, 2.24) is 5.32 Å². The summed E-state index contributed by atoms with van der Waals surface area (Å²) in [6.07, 6.45) is 5.11. The highest BCUT2D eigenvalue weighted by Gasteiger charge is 2.26. The van der Waals surface area contributed by atoms with Gasteiger partial charge in [-0.25, -0.2) is 0 Å². The van der Waals surface area contributed by atoms with Crippen molar-refractivity contribution in [2.24, 2.45) is 5.41 Å². The zero-order chi connectivity index (χ0) is 13.2. The second-order valence-corrected chi connectivity index (χ2v) is 6.90. The van der Waals surface area contributed by atoms with Gasteiger partial charge in [0.15, 0.2) is 0 Å². The topological polar surface area (TPSA) is 12.0 Å². The average molecular weight is 286 g/mol. The van der Waals surface area contributed by atoms with Gasteiger partial charge in [-0.3, -0.25) is 0 Å². The third-order valence-corrected chi connectivity index (χ3v) is 4.53. The van der Waals surface area contributed by atoms with Gasteiger partial charge in [0.25, 0.3) is 0 Å². The summed E-state index contributed by atoms with van der Waals surface area (Å²) >= 11 is 12.1. The molecule has 0 amide bonds. The molecule has 0 bridgehead atoms. The summed E-state index contributed by atoms with van der Waals surface area (Å²) in [6, 6.07) is 6.26. The fourth-order valence-electron chi connectivity index (χ4n) is 2.54. The molecule has 1 aliphatic rings. The van der Waals surface area contributed by atoms with Crippen molar-refractivity contribution in [3.05, 3.63) is 33.8 Å². The van der Waals surface area contributed by atoms with Gasteiger partial charge in [-0.05, 0) is 54.9 Å². The average Bonchev–Trinajstić information content (AvgIpc) is 2.32. The number of nitrogens with one attached hydrogen (secondary N) is 1. The summed E-state index contributed by atoms with van der Waals surface area (Å²) in [5, 5.41) is 5.15. The predicted molar refractivity (Wildman–Crippen MR) is 79.3 cm³/mol. The highest BCUT2D eigenvalue weighted by Crippen LogP contribution is 2.35. The van der Waals surface area contributed by atoms with Crippen LogP contribution in [0, 0.1) is 5.41 Å². The Morgan fingerprint density at radius 3 is 2.56 bits per heavy atom. The lowest BCUT2D eigenvalue weighted by Gasteiger charge is -2.34. The van der Waals surface area contributed by atoms with Crippen LogP contribution in [-0.2, 0) is 6.54 Å². The van der Waals surface area contributed by atoms with E-state index in [2.05, 4.69) is 19.2 Å². The molecule has 3 heteroatoms. The lowest BCUT2D eigenvalue weighted by molar-refractivity contribution is 0.206. The SMILES string of the molecule is CC1(C)CCC(NCc2cc(Cl)ccc2Cl)CC1. The monoisotopic (exact) mass is 285 g/mol. The van der Waals surface area contributed by atoms with E-state index >= 15 is 0 Å². The van der Waals surface area contributed by atoms with E-state index in [0.717, 1.165) is 22.2 Å². The van der Waals surface area contributed by atoms with Gasteiger partial charge in [-0.2, -0.15) is 0 Å². The van der Waals surface area contributed by atoms with Gasteiger partial charge in [0.05, 0.1) is 0 Å². The van der Waals surface area contributed by atoms with Gasteiger partial charge in [0.1, 0.15) is 0 Å². The summed E-state index contributed by atoms with van der Waals surface area (Å²) in [5.41, 5.74) is 1.61. The molecule has 1 aromatic carbocycles. The predicted octanol–water partition coefficient (Wildman–Crippen LogP) is 5.05. The van der Waals surface area contributed by atoms with Gasteiger partial charge in [-0.1, -0.05) is 37.0 Å². The molecule has 1 N–H and O–H groups in total. The van der Waals surface area contributed by atoms with Gasteiger partial charge in [0.2, 0.25) is 0 Å². The Labute approximate surface area is 120 Å². The summed E-state index contributed by atoms with van der Waals surface area (Å²) in [6.45, 7) is 5.53. The number of halogens is 2. The van der Waals surface area contributed by atoms with Crippen LogP contribution in [0.1, 0.15) is 45.1 Å². The maximum atomic E-state index is 6.16. The van der Waals surface area contributed by atoms with Gasteiger partial charge >= 0.3 is 0 Å². The number of benzene rings is 1. The Kier molecular flexibility index (Phi) is 4.58. The van der Waals surface area contributed by atoms with E-state index in [0.29, 0.717) is 11.5 Å². The second kappa shape index (κ2) is 5.81. The molecule has 0 saturated heterocycles. The Morgan fingerprint density at radius 1 is 1.22 bits per heavy atom. The molecule has 100 valence electrons. The molecule has 0 radical (unpaired) electrons. The van der Waals surface area contributed by atoms with Crippen molar-refractivity contribution in [2.45, 2.75) is 52.1 Å². The van der Waals surface area contributed by atoms with Gasteiger partial charge < -0.3 is 5.32 Å². The minimum atomic E-state index is 0.520. The second-order valence-electron chi connectivity index (χ2n) is 6.06. The van der Waals surface area contributed by atoms with Crippen LogP contribution in [0.5, 0.6) is 0 Å². The van der Waals surface area contributed by atoms with E-state index in [4.69, 9.17) is 23.2 Å². The molecule has 0 unspecified atom stereocenters. The van der Waals surface area contributed by atoms with E-state index in [1.807, 2.05) is 18.2 Å². The molecule has 1 aromatic rings. The fraction of sp³-hybridized carbons (Fsp3) is 0.600. The first-order valence-corrected chi connectivity index (χ1v) is 7.39. The Balaban J connectivity index is 1.87. The van der Waals surface area contributed by atoms with Crippen LogP contribution in [-0.4, -0.2) is 6.04 Å². The van der Waals surface area contributed by atoms with Crippen molar-refractivity contribution < 1.29 is 0 Å². The first kappa shape index (κ1) is 14.2. The van der Waals surface area contributed by atoms with Crippen molar-refractivity contribution in [2.75, 3.05) is 0 Å². The minimum Gasteiger partial charge on any atom is -0.310 e. The molecule has 18 heavy (non-hydrogen) atoms. The van der Waals surface area contributed by atoms with Crippen LogP contribution in [0.2, 0.25) is 10.0 Å². The van der Waals surface area contributed by atoms with Crippen LogP contribution < -0.4 is 5.32 Å². The number of hydrogen-bond acceptors (Lipinski definition) is 1.